The van der Waals surface area contributed by atoms with Gasteiger partial charge in [0.15, 0.2) is 0 Å². The van der Waals surface area contributed by atoms with Crippen molar-refractivity contribution in [2.45, 2.75) is 24.9 Å². The molecule has 1 saturated heterocycles. The van der Waals surface area contributed by atoms with E-state index >= 15 is 0 Å². The van der Waals surface area contributed by atoms with Crippen LogP contribution in [0.5, 0.6) is 0 Å². The Bertz CT molecular complexity index is 357. The third kappa shape index (κ3) is 3.43. The zero-order valence-electron chi connectivity index (χ0n) is 10.4. The Kier molecular flexibility index (Phi) is 3.81. The van der Waals surface area contributed by atoms with Gasteiger partial charge in [-0.05, 0) is 12.8 Å². The van der Waals surface area contributed by atoms with Gasteiger partial charge in [0.1, 0.15) is 6.04 Å². The predicted octanol–water partition coefficient (Wildman–Crippen LogP) is -2.19. The molecule has 0 aromatic heterocycles. The molecule has 1 heterocycles. The maximum absolute atomic E-state index is 12.0. The SMILES string of the molecule is CN(CC(=O)NC1CC1)C(=O)C1CNC(=O)CN1. The molecule has 1 aliphatic heterocycles. The van der Waals surface area contributed by atoms with Crippen LogP contribution in [0, 0.1) is 0 Å². The summed E-state index contributed by atoms with van der Waals surface area (Å²) in [7, 11) is 1.59. The quantitative estimate of drug-likeness (QED) is 0.531. The molecule has 2 rings (SSSR count). The first-order chi connectivity index (χ1) is 8.56. The summed E-state index contributed by atoms with van der Waals surface area (Å²) in [5, 5.41) is 8.28. The number of rotatable bonds is 4. The molecule has 0 aromatic rings. The number of hydrogen-bond donors (Lipinski definition) is 3. The average Bonchev–Trinajstić information content (AvgIpc) is 3.12. The lowest BCUT2D eigenvalue weighted by molar-refractivity contribution is -0.137. The molecule has 1 atom stereocenters. The molecule has 2 aliphatic rings. The summed E-state index contributed by atoms with van der Waals surface area (Å²) in [6.45, 7) is 0.465. The van der Waals surface area contributed by atoms with E-state index in [4.69, 9.17) is 0 Å². The Labute approximate surface area is 105 Å². The number of amides is 3. The van der Waals surface area contributed by atoms with Gasteiger partial charge in [-0.2, -0.15) is 0 Å². The van der Waals surface area contributed by atoms with Gasteiger partial charge >= 0.3 is 0 Å². The molecule has 3 amide bonds. The second-order valence-electron chi connectivity index (χ2n) is 4.77. The Morgan fingerprint density at radius 1 is 1.44 bits per heavy atom. The van der Waals surface area contributed by atoms with Crippen molar-refractivity contribution < 1.29 is 14.4 Å². The third-order valence-electron chi connectivity index (χ3n) is 3.01. The van der Waals surface area contributed by atoms with Crippen molar-refractivity contribution in [2.24, 2.45) is 0 Å². The van der Waals surface area contributed by atoms with Gasteiger partial charge in [-0.15, -0.1) is 0 Å². The number of hydrogen-bond acceptors (Lipinski definition) is 4. The van der Waals surface area contributed by atoms with Gasteiger partial charge in [-0.3, -0.25) is 19.7 Å². The molecular formula is C11H18N4O3. The Hall–Kier alpha value is -1.63. The minimum Gasteiger partial charge on any atom is -0.353 e. The number of nitrogens with one attached hydrogen (secondary N) is 3. The average molecular weight is 254 g/mol. The van der Waals surface area contributed by atoms with E-state index in [1.54, 1.807) is 7.05 Å². The number of piperazine rings is 1. The molecular weight excluding hydrogens is 236 g/mol. The summed E-state index contributed by atoms with van der Waals surface area (Å²) < 4.78 is 0. The van der Waals surface area contributed by atoms with Gasteiger partial charge < -0.3 is 15.5 Å². The lowest BCUT2D eigenvalue weighted by atomic mass is 10.2. The molecule has 18 heavy (non-hydrogen) atoms. The molecule has 1 aliphatic carbocycles. The monoisotopic (exact) mass is 254 g/mol. The highest BCUT2D eigenvalue weighted by Crippen LogP contribution is 2.18. The molecule has 7 nitrogen and oxygen atoms in total. The summed E-state index contributed by atoms with van der Waals surface area (Å²) in [5.41, 5.74) is 0. The molecule has 3 N–H and O–H groups in total. The van der Waals surface area contributed by atoms with Gasteiger partial charge in [0.25, 0.3) is 0 Å². The number of carbonyl (C=O) groups is 3. The predicted molar refractivity (Wildman–Crippen MR) is 63.6 cm³/mol. The summed E-state index contributed by atoms with van der Waals surface area (Å²) in [4.78, 5) is 35.8. The Balaban J connectivity index is 1.76. The van der Waals surface area contributed by atoms with Crippen molar-refractivity contribution >= 4 is 17.7 Å². The number of likely N-dealkylation sites (N-methyl/N-ethyl adjacent to an activating group) is 1. The van der Waals surface area contributed by atoms with Crippen LogP contribution in [0.1, 0.15) is 12.8 Å². The first-order valence-corrected chi connectivity index (χ1v) is 6.10. The van der Waals surface area contributed by atoms with Crippen LogP contribution >= 0.6 is 0 Å². The van der Waals surface area contributed by atoms with Crippen molar-refractivity contribution in [3.63, 3.8) is 0 Å². The van der Waals surface area contributed by atoms with Crippen LogP contribution in [-0.4, -0.2) is 61.4 Å². The van der Waals surface area contributed by atoms with Gasteiger partial charge in [0.05, 0.1) is 13.1 Å². The van der Waals surface area contributed by atoms with Gasteiger partial charge in [0, 0.05) is 19.6 Å². The highest BCUT2D eigenvalue weighted by atomic mass is 16.2. The highest BCUT2D eigenvalue weighted by Gasteiger charge is 2.28. The van der Waals surface area contributed by atoms with E-state index in [1.165, 1.54) is 4.90 Å². The molecule has 0 aromatic carbocycles. The van der Waals surface area contributed by atoms with Gasteiger partial charge in [-0.1, -0.05) is 0 Å². The highest BCUT2D eigenvalue weighted by molar-refractivity contribution is 5.89. The fourth-order valence-electron chi connectivity index (χ4n) is 1.80. The van der Waals surface area contributed by atoms with Crippen LogP contribution in [0.2, 0.25) is 0 Å². The Morgan fingerprint density at radius 2 is 2.17 bits per heavy atom. The maximum Gasteiger partial charge on any atom is 0.241 e. The van der Waals surface area contributed by atoms with Crippen LogP contribution in [0.3, 0.4) is 0 Å². The van der Waals surface area contributed by atoms with E-state index in [0.29, 0.717) is 6.04 Å². The molecule has 100 valence electrons. The van der Waals surface area contributed by atoms with Gasteiger partial charge in [-0.25, -0.2) is 0 Å². The van der Waals surface area contributed by atoms with Crippen LogP contribution in [0.4, 0.5) is 0 Å². The fourth-order valence-corrected chi connectivity index (χ4v) is 1.80. The number of nitrogens with zero attached hydrogens (tertiary/aromatic N) is 1. The minimum absolute atomic E-state index is 0.0570. The second-order valence-corrected chi connectivity index (χ2v) is 4.77. The third-order valence-corrected chi connectivity index (χ3v) is 3.01. The first-order valence-electron chi connectivity index (χ1n) is 6.10. The molecule has 1 unspecified atom stereocenters. The van der Waals surface area contributed by atoms with Crippen LogP contribution in [0.25, 0.3) is 0 Å². The van der Waals surface area contributed by atoms with E-state index < -0.39 is 6.04 Å². The smallest absolute Gasteiger partial charge is 0.241 e. The van der Waals surface area contributed by atoms with Crippen LogP contribution in [-0.2, 0) is 14.4 Å². The largest absolute Gasteiger partial charge is 0.353 e. The normalized spacial score (nSPS) is 23.2. The summed E-state index contributed by atoms with van der Waals surface area (Å²) in [6, 6.07) is -0.144. The van der Waals surface area contributed by atoms with Crippen molar-refractivity contribution in [2.75, 3.05) is 26.7 Å². The van der Waals surface area contributed by atoms with Crippen LogP contribution < -0.4 is 16.0 Å². The minimum atomic E-state index is -0.443. The lowest BCUT2D eigenvalue weighted by Crippen LogP contribution is -2.58. The molecule has 1 saturated carbocycles. The van der Waals surface area contributed by atoms with E-state index in [-0.39, 0.29) is 37.4 Å². The second kappa shape index (κ2) is 5.34. The summed E-state index contributed by atoms with van der Waals surface area (Å²) in [6.07, 6.45) is 2.05. The molecule has 0 radical (unpaired) electrons. The molecule has 0 bridgehead atoms. The molecule has 0 spiro atoms. The van der Waals surface area contributed by atoms with Crippen molar-refractivity contribution in [3.05, 3.63) is 0 Å². The van der Waals surface area contributed by atoms with Crippen molar-refractivity contribution in [3.8, 4) is 0 Å². The molecule has 2 fully saturated rings. The van der Waals surface area contributed by atoms with Crippen LogP contribution in [0.15, 0.2) is 0 Å². The van der Waals surface area contributed by atoms with E-state index in [2.05, 4.69) is 16.0 Å². The lowest BCUT2D eigenvalue weighted by Gasteiger charge is -2.27. The number of carbonyl (C=O) groups excluding carboxylic acids is 3. The first kappa shape index (κ1) is 12.8. The summed E-state index contributed by atoms with van der Waals surface area (Å²) in [5.74, 6) is -0.428. The van der Waals surface area contributed by atoms with Gasteiger partial charge in [0.2, 0.25) is 17.7 Å². The summed E-state index contributed by atoms with van der Waals surface area (Å²) >= 11 is 0. The topological polar surface area (TPSA) is 90.5 Å². The zero-order chi connectivity index (χ0) is 13.1. The van der Waals surface area contributed by atoms with Crippen molar-refractivity contribution in [1.29, 1.82) is 0 Å². The van der Waals surface area contributed by atoms with Crippen molar-refractivity contribution in [1.82, 2.24) is 20.9 Å². The standard InChI is InChI=1S/C11H18N4O3/c1-15(6-10(17)14-7-2-3-7)11(18)8-4-13-9(16)5-12-8/h7-8,12H,2-6H2,1H3,(H,13,16)(H,14,17). The van der Waals surface area contributed by atoms with E-state index in [1.807, 2.05) is 0 Å². The Morgan fingerprint density at radius 3 is 2.72 bits per heavy atom. The van der Waals surface area contributed by atoms with E-state index in [9.17, 15) is 14.4 Å². The van der Waals surface area contributed by atoms with E-state index in [0.717, 1.165) is 12.8 Å². The fraction of sp³-hybridized carbons (Fsp3) is 0.727. The maximum atomic E-state index is 12.0. The molecule has 7 heteroatoms. The zero-order valence-corrected chi connectivity index (χ0v) is 10.4.